The summed E-state index contributed by atoms with van der Waals surface area (Å²) >= 11 is 0. The lowest BCUT2D eigenvalue weighted by Crippen LogP contribution is -2.30. The van der Waals surface area contributed by atoms with E-state index in [9.17, 15) is 13.2 Å². The van der Waals surface area contributed by atoms with Crippen LogP contribution in [0.15, 0.2) is 46.3 Å². The van der Waals surface area contributed by atoms with Gasteiger partial charge in [-0.1, -0.05) is 12.5 Å². The van der Waals surface area contributed by atoms with Crippen molar-refractivity contribution in [1.29, 1.82) is 0 Å². The lowest BCUT2D eigenvalue weighted by molar-refractivity contribution is -0.111. The molecule has 232 valence electrons. The summed E-state index contributed by atoms with van der Waals surface area (Å²) in [6.07, 6.45) is 10.6. The van der Waals surface area contributed by atoms with Crippen LogP contribution < -0.4 is 10.1 Å². The Bertz CT molecular complexity index is 1700. The zero-order valence-electron chi connectivity index (χ0n) is 25.6. The van der Waals surface area contributed by atoms with Gasteiger partial charge in [0, 0.05) is 26.1 Å². The zero-order valence-corrected chi connectivity index (χ0v) is 26.4. The standard InChI is InChI=1S/C31H37N7O5S/c1-6-44(40,41)24-10-9-22(32-15-24)14-33-29(19(3)39)38-26-16-34-30(27-28(20-7-8-20)35-17-36-31(27)43-5)37-25(26)11-18(2)21-12-23(13-21)42-4/h9-11,15-17,20-21,23H,6-8,12-14H2,1-5H3,(H,33,38)/b18-11-. The number of nitrogens with one attached hydrogen (secondary N) is 1. The van der Waals surface area contributed by atoms with E-state index in [2.05, 4.69) is 37.2 Å². The number of ketones is 1. The lowest BCUT2D eigenvalue weighted by atomic mass is 9.77. The molecule has 1 N–H and O–H groups in total. The Balaban J connectivity index is 1.49. The average molecular weight is 620 g/mol. The number of amidine groups is 1. The first-order valence-corrected chi connectivity index (χ1v) is 16.3. The molecular formula is C31H37N7O5S. The van der Waals surface area contributed by atoms with Crippen molar-refractivity contribution < 1.29 is 22.7 Å². The third-order valence-electron chi connectivity index (χ3n) is 8.00. The van der Waals surface area contributed by atoms with Gasteiger partial charge in [-0.05, 0) is 56.7 Å². The highest BCUT2D eigenvalue weighted by Crippen LogP contribution is 2.45. The minimum absolute atomic E-state index is 0.0125. The Morgan fingerprint density at radius 2 is 1.86 bits per heavy atom. The number of aromatic nitrogens is 5. The van der Waals surface area contributed by atoms with Crippen molar-refractivity contribution in [2.75, 3.05) is 25.3 Å². The number of pyridine rings is 1. The van der Waals surface area contributed by atoms with E-state index in [1.807, 2.05) is 6.08 Å². The Morgan fingerprint density at radius 3 is 2.48 bits per heavy atom. The number of carbonyl (C=O) groups excluding carboxylic acids is 1. The van der Waals surface area contributed by atoms with E-state index in [0.29, 0.717) is 46.2 Å². The Labute approximate surface area is 257 Å². The number of aliphatic imine (C=N–C) groups is 1. The molecule has 0 aliphatic heterocycles. The molecule has 0 radical (unpaired) electrons. The smallest absolute Gasteiger partial charge is 0.227 e. The van der Waals surface area contributed by atoms with Crippen molar-refractivity contribution >= 4 is 33.2 Å². The molecule has 2 aliphatic rings. The van der Waals surface area contributed by atoms with Crippen LogP contribution in [0.4, 0.5) is 5.69 Å². The van der Waals surface area contributed by atoms with Gasteiger partial charge in [-0.25, -0.2) is 28.4 Å². The Morgan fingerprint density at radius 1 is 1.09 bits per heavy atom. The molecule has 0 amide bonds. The number of methoxy groups -OCH3 is 2. The molecule has 2 fully saturated rings. The molecule has 2 aliphatic carbocycles. The second-order valence-corrected chi connectivity index (χ2v) is 13.3. The van der Waals surface area contributed by atoms with Crippen molar-refractivity contribution in [3.63, 3.8) is 0 Å². The number of ether oxygens (including phenoxy) is 2. The van der Waals surface area contributed by atoms with Crippen LogP contribution in [-0.2, 0) is 25.9 Å². The third kappa shape index (κ3) is 6.99. The normalized spacial score (nSPS) is 18.9. The molecule has 13 heteroatoms. The maximum absolute atomic E-state index is 12.7. The molecule has 0 atom stereocenters. The van der Waals surface area contributed by atoms with Gasteiger partial charge in [-0.2, -0.15) is 0 Å². The van der Waals surface area contributed by atoms with Gasteiger partial charge in [-0.3, -0.25) is 14.8 Å². The number of allylic oxidation sites excluding steroid dienone is 1. The van der Waals surface area contributed by atoms with Gasteiger partial charge in [0.25, 0.3) is 0 Å². The van der Waals surface area contributed by atoms with E-state index in [1.54, 1.807) is 33.4 Å². The molecule has 2 saturated carbocycles. The predicted molar refractivity (Wildman–Crippen MR) is 166 cm³/mol. The van der Waals surface area contributed by atoms with Crippen LogP contribution in [0, 0.1) is 5.92 Å². The molecule has 0 aromatic carbocycles. The summed E-state index contributed by atoms with van der Waals surface area (Å²) in [5, 5.41) is 3.14. The molecule has 0 saturated heterocycles. The number of nitrogens with zero attached hydrogens (tertiary/aromatic N) is 6. The first kappa shape index (κ1) is 31.3. The minimum atomic E-state index is -3.36. The number of rotatable bonds is 12. The van der Waals surface area contributed by atoms with Gasteiger partial charge in [0.1, 0.15) is 11.9 Å². The van der Waals surface area contributed by atoms with Crippen LogP contribution >= 0.6 is 0 Å². The number of carbonyl (C=O) groups is 1. The fourth-order valence-corrected chi connectivity index (χ4v) is 5.80. The van der Waals surface area contributed by atoms with E-state index in [4.69, 9.17) is 14.5 Å². The summed E-state index contributed by atoms with van der Waals surface area (Å²) in [7, 11) is -0.0734. The molecule has 0 spiro atoms. The van der Waals surface area contributed by atoms with E-state index in [-0.39, 0.29) is 34.9 Å². The predicted octanol–water partition coefficient (Wildman–Crippen LogP) is 4.44. The van der Waals surface area contributed by atoms with Crippen molar-refractivity contribution in [2.45, 2.75) is 69.9 Å². The van der Waals surface area contributed by atoms with Crippen LogP contribution in [0.3, 0.4) is 0 Å². The van der Waals surface area contributed by atoms with Crippen LogP contribution in [0.1, 0.15) is 69.5 Å². The van der Waals surface area contributed by atoms with Crippen LogP contribution in [0.5, 0.6) is 5.88 Å². The highest BCUT2D eigenvalue weighted by atomic mass is 32.2. The number of Topliss-reactive ketones (excluding diaryl/α,β-unsaturated/α-hetero) is 1. The molecule has 3 aromatic rings. The monoisotopic (exact) mass is 619 g/mol. The number of hydrogen-bond donors (Lipinski definition) is 1. The Hall–Kier alpha value is -4.10. The van der Waals surface area contributed by atoms with E-state index in [1.165, 1.54) is 25.5 Å². The fraction of sp³-hybridized carbons (Fsp3) is 0.452. The van der Waals surface area contributed by atoms with Crippen molar-refractivity contribution in [3.05, 3.63) is 53.5 Å². The maximum Gasteiger partial charge on any atom is 0.227 e. The molecule has 0 bridgehead atoms. The summed E-state index contributed by atoms with van der Waals surface area (Å²) in [5.41, 5.74) is 4.27. The topological polar surface area (TPSA) is 159 Å². The summed E-state index contributed by atoms with van der Waals surface area (Å²) in [6.45, 7) is 5.14. The summed E-state index contributed by atoms with van der Waals surface area (Å²) in [6, 6.07) is 3.10. The van der Waals surface area contributed by atoms with Crippen molar-refractivity contribution in [2.24, 2.45) is 10.9 Å². The summed E-state index contributed by atoms with van der Waals surface area (Å²) in [4.78, 5) is 40.0. The molecule has 44 heavy (non-hydrogen) atoms. The van der Waals surface area contributed by atoms with Gasteiger partial charge in [0.05, 0.1) is 59.4 Å². The molecule has 12 nitrogen and oxygen atoms in total. The average Bonchev–Trinajstić information content (AvgIpc) is 3.84. The first-order valence-electron chi connectivity index (χ1n) is 14.6. The Kier molecular flexibility index (Phi) is 9.45. The van der Waals surface area contributed by atoms with E-state index >= 15 is 0 Å². The van der Waals surface area contributed by atoms with Crippen molar-refractivity contribution in [3.8, 4) is 17.3 Å². The quantitative estimate of drug-likeness (QED) is 0.226. The lowest BCUT2D eigenvalue weighted by Gasteiger charge is -2.35. The van der Waals surface area contributed by atoms with E-state index in [0.717, 1.165) is 37.0 Å². The van der Waals surface area contributed by atoms with Gasteiger partial charge < -0.3 is 14.8 Å². The second-order valence-electron chi connectivity index (χ2n) is 11.1. The van der Waals surface area contributed by atoms with E-state index < -0.39 is 9.84 Å². The zero-order chi connectivity index (χ0) is 31.4. The second kappa shape index (κ2) is 13.3. The highest BCUT2D eigenvalue weighted by molar-refractivity contribution is 7.91. The molecular weight excluding hydrogens is 582 g/mol. The van der Waals surface area contributed by atoms with Crippen LogP contribution in [-0.4, -0.2) is 71.0 Å². The maximum atomic E-state index is 12.7. The SMILES string of the molecule is CCS(=O)(=O)c1ccc(CN=C(Nc2cnc(-c3c(OC)ncnc3C3CC3)nc2/C=C(/C)C2CC(OC)C2)C(C)=O)nc1. The largest absolute Gasteiger partial charge is 0.480 e. The summed E-state index contributed by atoms with van der Waals surface area (Å²) < 4.78 is 35.3. The number of hydrogen-bond acceptors (Lipinski definition) is 11. The molecule has 3 heterocycles. The number of sulfone groups is 1. The molecule has 3 aromatic heterocycles. The van der Waals surface area contributed by atoms with Gasteiger partial charge in [0.15, 0.2) is 27.3 Å². The third-order valence-corrected chi connectivity index (χ3v) is 9.72. The minimum Gasteiger partial charge on any atom is -0.480 e. The molecule has 5 rings (SSSR count). The first-order chi connectivity index (χ1) is 21.1. The molecule has 0 unspecified atom stereocenters. The van der Waals surface area contributed by atoms with Crippen LogP contribution in [0.2, 0.25) is 0 Å². The summed E-state index contributed by atoms with van der Waals surface area (Å²) in [5.74, 6) is 1.31. The van der Waals surface area contributed by atoms with Gasteiger partial charge in [0.2, 0.25) is 5.88 Å². The number of anilines is 1. The van der Waals surface area contributed by atoms with Crippen LogP contribution in [0.25, 0.3) is 17.5 Å². The van der Waals surface area contributed by atoms with Gasteiger partial charge in [-0.15, -0.1) is 0 Å². The van der Waals surface area contributed by atoms with Gasteiger partial charge >= 0.3 is 0 Å². The highest BCUT2D eigenvalue weighted by Gasteiger charge is 2.32. The van der Waals surface area contributed by atoms with Crippen molar-refractivity contribution in [1.82, 2.24) is 24.9 Å². The fourth-order valence-electron chi connectivity index (χ4n) is 4.98.